The Kier molecular flexibility index (Phi) is 5.12. The van der Waals surface area contributed by atoms with Crippen LogP contribution < -0.4 is 16.1 Å². The molecule has 2 aromatic carbocycles. The average molecular weight is 359 g/mol. The molecule has 0 saturated heterocycles. The van der Waals surface area contributed by atoms with Crippen LogP contribution in [0.15, 0.2) is 48.5 Å². The van der Waals surface area contributed by atoms with E-state index < -0.39 is 0 Å². The number of aromatic nitrogens is 3. The third-order valence-electron chi connectivity index (χ3n) is 3.23. The molecule has 0 fully saturated rings. The molecule has 0 amide bonds. The molecule has 9 heteroatoms. The van der Waals surface area contributed by atoms with Crippen LogP contribution in [0.3, 0.4) is 0 Å². The number of benzene rings is 2. The minimum Gasteiger partial charge on any atom is -0.506 e. The molecule has 0 unspecified atom stereocenters. The molecule has 0 bridgehead atoms. The van der Waals surface area contributed by atoms with E-state index in [1.807, 2.05) is 35.8 Å². The van der Waals surface area contributed by atoms with E-state index in [1.54, 1.807) is 6.07 Å². The van der Waals surface area contributed by atoms with Crippen molar-refractivity contribution in [2.45, 2.75) is 6.54 Å². The zero-order valence-corrected chi connectivity index (χ0v) is 13.7. The number of halogens is 1. The topological polar surface area (TPSA) is 115 Å². The molecular formula is C16H15ClN6O2. The van der Waals surface area contributed by atoms with Crippen LogP contribution in [-0.2, 0) is 6.54 Å². The largest absolute Gasteiger partial charge is 0.506 e. The summed E-state index contributed by atoms with van der Waals surface area (Å²) < 4.78 is 0. The van der Waals surface area contributed by atoms with Crippen molar-refractivity contribution in [3.05, 3.63) is 59.1 Å². The maximum atomic E-state index is 9.87. The fraction of sp³-hybridized carbons (Fsp3) is 0.0625. The summed E-state index contributed by atoms with van der Waals surface area (Å²) in [5.41, 5.74) is 3.26. The van der Waals surface area contributed by atoms with Crippen molar-refractivity contribution in [1.82, 2.24) is 15.0 Å². The van der Waals surface area contributed by atoms with Gasteiger partial charge >= 0.3 is 0 Å². The quantitative estimate of drug-likeness (QED) is 0.336. The number of rotatable bonds is 6. The zero-order valence-electron chi connectivity index (χ0n) is 12.9. The fourth-order valence-corrected chi connectivity index (χ4v) is 2.24. The summed E-state index contributed by atoms with van der Waals surface area (Å²) in [6.07, 6.45) is 0. The summed E-state index contributed by atoms with van der Waals surface area (Å²) in [6.45, 7) is 0.498. The molecule has 0 aliphatic heterocycles. The smallest absolute Gasteiger partial charge is 0.253 e. The number of nitrogens with one attached hydrogen (secondary N) is 3. The second-order valence-corrected chi connectivity index (χ2v) is 5.48. The van der Waals surface area contributed by atoms with Gasteiger partial charge in [-0.1, -0.05) is 41.9 Å². The molecule has 3 aromatic rings. The van der Waals surface area contributed by atoms with Gasteiger partial charge in [0, 0.05) is 11.6 Å². The number of aromatic hydroxyl groups is 1. The van der Waals surface area contributed by atoms with Gasteiger partial charge < -0.3 is 15.7 Å². The van der Waals surface area contributed by atoms with Gasteiger partial charge in [0.25, 0.3) is 5.95 Å². The zero-order chi connectivity index (χ0) is 17.6. The van der Waals surface area contributed by atoms with E-state index in [1.165, 1.54) is 12.1 Å². The van der Waals surface area contributed by atoms with Gasteiger partial charge in [0.15, 0.2) is 0 Å². The molecule has 0 radical (unpaired) electrons. The SMILES string of the molecule is ONc1nc(NCc2ccccc2)nc(Nc2cc(Cl)ccc2O)n1. The normalized spacial score (nSPS) is 10.3. The number of hydrogen-bond acceptors (Lipinski definition) is 8. The minimum atomic E-state index is -0.0467. The summed E-state index contributed by atoms with van der Waals surface area (Å²) in [5, 5.41) is 25.3. The van der Waals surface area contributed by atoms with E-state index in [0.717, 1.165) is 5.56 Å². The van der Waals surface area contributed by atoms with Gasteiger partial charge in [0.2, 0.25) is 11.9 Å². The molecule has 25 heavy (non-hydrogen) atoms. The van der Waals surface area contributed by atoms with Crippen molar-refractivity contribution in [3.8, 4) is 5.75 Å². The third kappa shape index (κ3) is 4.46. The highest BCUT2D eigenvalue weighted by molar-refractivity contribution is 6.30. The van der Waals surface area contributed by atoms with Crippen molar-refractivity contribution < 1.29 is 10.3 Å². The van der Waals surface area contributed by atoms with E-state index in [4.69, 9.17) is 16.8 Å². The monoisotopic (exact) mass is 358 g/mol. The molecule has 0 atom stereocenters. The Hall–Kier alpha value is -3.10. The molecule has 8 nitrogen and oxygen atoms in total. The van der Waals surface area contributed by atoms with Gasteiger partial charge in [0.1, 0.15) is 5.75 Å². The maximum Gasteiger partial charge on any atom is 0.253 e. The number of nitrogens with zero attached hydrogens (tertiary/aromatic N) is 3. The Balaban J connectivity index is 1.81. The summed E-state index contributed by atoms with van der Waals surface area (Å²) >= 11 is 5.92. The van der Waals surface area contributed by atoms with E-state index in [2.05, 4.69) is 25.6 Å². The van der Waals surface area contributed by atoms with Crippen LogP contribution in [0, 0.1) is 0 Å². The van der Waals surface area contributed by atoms with Gasteiger partial charge in [-0.05, 0) is 23.8 Å². The lowest BCUT2D eigenvalue weighted by Crippen LogP contribution is -2.09. The van der Waals surface area contributed by atoms with Crippen molar-refractivity contribution in [2.75, 3.05) is 16.1 Å². The van der Waals surface area contributed by atoms with E-state index in [-0.39, 0.29) is 23.6 Å². The first-order valence-corrected chi connectivity index (χ1v) is 7.71. The molecule has 0 aliphatic carbocycles. The Labute approximate surface area is 148 Å². The highest BCUT2D eigenvalue weighted by Crippen LogP contribution is 2.28. The van der Waals surface area contributed by atoms with Gasteiger partial charge in [-0.3, -0.25) is 5.21 Å². The first-order chi connectivity index (χ1) is 12.1. The highest BCUT2D eigenvalue weighted by atomic mass is 35.5. The van der Waals surface area contributed by atoms with Gasteiger partial charge in [-0.2, -0.15) is 15.0 Å². The predicted octanol–water partition coefficient (Wildman–Crippen LogP) is 3.39. The van der Waals surface area contributed by atoms with E-state index in [9.17, 15) is 5.11 Å². The van der Waals surface area contributed by atoms with E-state index in [0.29, 0.717) is 17.3 Å². The van der Waals surface area contributed by atoms with Crippen molar-refractivity contribution in [1.29, 1.82) is 0 Å². The van der Waals surface area contributed by atoms with Crippen LogP contribution in [0.2, 0.25) is 5.02 Å². The first kappa shape index (κ1) is 16.7. The summed E-state index contributed by atoms with van der Waals surface area (Å²) in [5.74, 6) is 0.316. The van der Waals surface area contributed by atoms with Crippen molar-refractivity contribution in [2.24, 2.45) is 0 Å². The molecular weight excluding hydrogens is 344 g/mol. The molecule has 3 rings (SSSR count). The lowest BCUT2D eigenvalue weighted by molar-refractivity contribution is 0.382. The Morgan fingerprint density at radius 1 is 0.920 bits per heavy atom. The van der Waals surface area contributed by atoms with Crippen molar-refractivity contribution in [3.63, 3.8) is 0 Å². The summed E-state index contributed by atoms with van der Waals surface area (Å²) in [7, 11) is 0. The third-order valence-corrected chi connectivity index (χ3v) is 3.47. The average Bonchev–Trinajstić information content (AvgIpc) is 2.64. The van der Waals surface area contributed by atoms with Crippen LogP contribution in [0.5, 0.6) is 5.75 Å². The highest BCUT2D eigenvalue weighted by Gasteiger charge is 2.09. The lowest BCUT2D eigenvalue weighted by Gasteiger charge is -2.11. The Bertz CT molecular complexity index is 862. The van der Waals surface area contributed by atoms with Gasteiger partial charge in [-0.25, -0.2) is 5.48 Å². The van der Waals surface area contributed by atoms with Crippen LogP contribution in [0.4, 0.5) is 23.5 Å². The standard InChI is InChI=1S/C16H15ClN6O2/c17-11-6-7-13(24)12(8-11)19-15-20-14(21-16(22-15)23-25)18-9-10-4-2-1-3-5-10/h1-8,24-25H,9H2,(H3,18,19,20,21,22,23). The predicted molar refractivity (Wildman–Crippen MR) is 95.4 cm³/mol. The molecule has 1 aromatic heterocycles. The Morgan fingerprint density at radius 3 is 2.40 bits per heavy atom. The Morgan fingerprint density at radius 2 is 1.64 bits per heavy atom. The summed E-state index contributed by atoms with van der Waals surface area (Å²) in [6, 6.07) is 14.3. The molecule has 0 aliphatic rings. The minimum absolute atomic E-state index is 0.0119. The number of anilines is 4. The van der Waals surface area contributed by atoms with E-state index >= 15 is 0 Å². The fourth-order valence-electron chi connectivity index (χ4n) is 2.07. The molecule has 0 spiro atoms. The second-order valence-electron chi connectivity index (χ2n) is 5.04. The number of hydrogen-bond donors (Lipinski definition) is 5. The van der Waals surface area contributed by atoms with Gasteiger partial charge in [-0.15, -0.1) is 0 Å². The molecule has 1 heterocycles. The summed E-state index contributed by atoms with van der Waals surface area (Å²) in [4.78, 5) is 12.2. The van der Waals surface area contributed by atoms with Crippen molar-refractivity contribution >= 4 is 35.1 Å². The number of phenolic OH excluding ortho intramolecular Hbond substituents is 1. The first-order valence-electron chi connectivity index (χ1n) is 7.33. The van der Waals surface area contributed by atoms with Crippen LogP contribution in [0.25, 0.3) is 0 Å². The van der Waals surface area contributed by atoms with Crippen LogP contribution >= 0.6 is 11.6 Å². The lowest BCUT2D eigenvalue weighted by atomic mass is 10.2. The molecule has 5 N–H and O–H groups in total. The van der Waals surface area contributed by atoms with Crippen LogP contribution in [-0.4, -0.2) is 25.3 Å². The van der Waals surface area contributed by atoms with Crippen LogP contribution in [0.1, 0.15) is 5.56 Å². The van der Waals surface area contributed by atoms with Gasteiger partial charge in [0.05, 0.1) is 5.69 Å². The maximum absolute atomic E-state index is 9.87. The molecule has 128 valence electrons. The molecule has 0 saturated carbocycles. The second kappa shape index (κ2) is 7.65. The number of phenols is 1.